The number of aliphatic hydroxyl groups is 3. The van der Waals surface area contributed by atoms with Crippen LogP contribution in [0.3, 0.4) is 0 Å². The Bertz CT molecular complexity index is 667. The number of ether oxygens (including phenoxy) is 2. The van der Waals surface area contributed by atoms with Crippen molar-refractivity contribution >= 4 is 29.3 Å². The van der Waals surface area contributed by atoms with E-state index in [1.54, 1.807) is 13.2 Å². The summed E-state index contributed by atoms with van der Waals surface area (Å²) in [5.41, 5.74) is -0.727. The second-order valence-electron chi connectivity index (χ2n) is 10.2. The number of carbonyl (C=O) groups is 1. The topological polar surface area (TPSA) is 120 Å². The quantitative estimate of drug-likeness (QED) is 0.336. The largest absolute Gasteiger partial charge is 0.388 e. The number of carbonyl (C=O) groups excluding carboxylic acids is 1. The second-order valence-corrected chi connectivity index (χ2v) is 11.8. The monoisotopic (exact) mass is 506 g/mol. The standard InChI is InChI=1S/C23H39ClN2O6S/c1-11(24)15(21-18(28)17(27)19(29)23(32-21)33-2)26-22(30)16-20-14(10-25-16)9-13(7-8-31-20)12-5-3-4-6-12/h11-21,23,25,27-29H,3-10H2,1-2H3,(H,26,30)/t11-,13-,14-,15+,16-,17+,18?,19+,20+,21+,23?/m0/s1. The lowest BCUT2D eigenvalue weighted by Crippen LogP contribution is -2.65. The third-order valence-corrected chi connectivity index (χ3v) is 9.27. The van der Waals surface area contributed by atoms with Gasteiger partial charge in [-0.15, -0.1) is 23.4 Å². The summed E-state index contributed by atoms with van der Waals surface area (Å²) in [5.74, 6) is 1.52. The molecule has 0 aromatic rings. The molecule has 2 unspecified atom stereocenters. The molecular formula is C23H39ClN2O6S. The molecule has 10 heteroatoms. The summed E-state index contributed by atoms with van der Waals surface area (Å²) in [6.07, 6.45) is 4.06. The summed E-state index contributed by atoms with van der Waals surface area (Å²) < 4.78 is 12.1. The van der Waals surface area contributed by atoms with Gasteiger partial charge in [0.2, 0.25) is 5.91 Å². The molecule has 0 radical (unpaired) electrons. The van der Waals surface area contributed by atoms with Gasteiger partial charge >= 0.3 is 0 Å². The van der Waals surface area contributed by atoms with E-state index >= 15 is 0 Å². The fourth-order valence-electron chi connectivity index (χ4n) is 6.27. The minimum Gasteiger partial charge on any atom is -0.388 e. The summed E-state index contributed by atoms with van der Waals surface area (Å²) in [7, 11) is 0. The zero-order chi connectivity index (χ0) is 23.7. The van der Waals surface area contributed by atoms with Crippen molar-refractivity contribution in [1.82, 2.24) is 10.6 Å². The molecule has 3 saturated heterocycles. The van der Waals surface area contributed by atoms with Crippen LogP contribution in [-0.2, 0) is 14.3 Å². The number of rotatable bonds is 6. The van der Waals surface area contributed by atoms with E-state index in [2.05, 4.69) is 10.6 Å². The zero-order valence-electron chi connectivity index (χ0n) is 19.4. The molecule has 0 aromatic carbocycles. The van der Waals surface area contributed by atoms with Gasteiger partial charge in [0.15, 0.2) is 0 Å². The lowest BCUT2D eigenvalue weighted by atomic mass is 9.81. The van der Waals surface area contributed by atoms with Crippen molar-refractivity contribution in [3.63, 3.8) is 0 Å². The van der Waals surface area contributed by atoms with Crippen LogP contribution in [-0.4, -0.2) is 94.1 Å². The highest BCUT2D eigenvalue weighted by Crippen LogP contribution is 2.40. The maximum Gasteiger partial charge on any atom is 0.240 e. The summed E-state index contributed by atoms with van der Waals surface area (Å²) in [6, 6.07) is -1.24. The minimum absolute atomic E-state index is 0.189. The number of halogens is 1. The van der Waals surface area contributed by atoms with E-state index in [1.165, 1.54) is 37.4 Å². The number of hydrogen-bond donors (Lipinski definition) is 5. The molecule has 0 bridgehead atoms. The van der Waals surface area contributed by atoms with Crippen LogP contribution in [0.1, 0.15) is 45.4 Å². The number of thioether (sulfide) groups is 1. The number of amides is 1. The van der Waals surface area contributed by atoms with Crippen molar-refractivity contribution in [1.29, 1.82) is 0 Å². The van der Waals surface area contributed by atoms with Crippen LogP contribution in [0.5, 0.6) is 0 Å². The molecule has 33 heavy (non-hydrogen) atoms. The van der Waals surface area contributed by atoms with Crippen LogP contribution in [0.4, 0.5) is 0 Å². The van der Waals surface area contributed by atoms with E-state index in [4.69, 9.17) is 21.1 Å². The Morgan fingerprint density at radius 1 is 1.09 bits per heavy atom. The predicted molar refractivity (Wildman–Crippen MR) is 127 cm³/mol. The van der Waals surface area contributed by atoms with Crippen LogP contribution >= 0.6 is 23.4 Å². The number of fused-ring (bicyclic) bond motifs is 1. The highest BCUT2D eigenvalue weighted by molar-refractivity contribution is 7.99. The summed E-state index contributed by atoms with van der Waals surface area (Å²) in [5, 5.41) is 36.8. The van der Waals surface area contributed by atoms with Crippen LogP contribution in [0.15, 0.2) is 0 Å². The molecule has 3 aliphatic heterocycles. The molecule has 1 aliphatic carbocycles. The minimum atomic E-state index is -1.39. The van der Waals surface area contributed by atoms with Gasteiger partial charge in [0.1, 0.15) is 35.9 Å². The molecular weight excluding hydrogens is 468 g/mol. The van der Waals surface area contributed by atoms with Gasteiger partial charge in [0.05, 0.1) is 17.5 Å². The Morgan fingerprint density at radius 3 is 2.48 bits per heavy atom. The fraction of sp³-hybridized carbons (Fsp3) is 0.957. The molecule has 4 aliphatic rings. The van der Waals surface area contributed by atoms with Crippen LogP contribution in [0.2, 0.25) is 0 Å². The molecule has 1 amide bonds. The Hall–Kier alpha value is -0.130. The van der Waals surface area contributed by atoms with Gasteiger partial charge in [0, 0.05) is 13.2 Å². The summed E-state index contributed by atoms with van der Waals surface area (Å²) >= 11 is 7.65. The molecule has 3 heterocycles. The molecule has 0 spiro atoms. The Labute approximate surface area is 205 Å². The summed E-state index contributed by atoms with van der Waals surface area (Å²) in [6.45, 7) is 3.13. The van der Waals surface area contributed by atoms with Gasteiger partial charge in [-0.3, -0.25) is 4.79 Å². The van der Waals surface area contributed by atoms with Crippen molar-refractivity contribution in [3.8, 4) is 0 Å². The SMILES string of the molecule is CSC1O[C@H]([C@H](NC(=O)[C@H]2NC[C@@H]3C[C@@H](C4CCCC4)CCO[C@H]32)[C@H](C)Cl)C(O)[C@@H](O)[C@H]1O. The molecule has 5 N–H and O–H groups in total. The zero-order valence-corrected chi connectivity index (χ0v) is 21.0. The van der Waals surface area contributed by atoms with Crippen molar-refractivity contribution in [2.45, 2.75) is 98.9 Å². The van der Waals surface area contributed by atoms with Gasteiger partial charge in [0.25, 0.3) is 0 Å². The van der Waals surface area contributed by atoms with Crippen molar-refractivity contribution in [2.75, 3.05) is 19.4 Å². The second kappa shape index (κ2) is 11.3. The number of nitrogens with one attached hydrogen (secondary N) is 2. The highest BCUT2D eigenvalue weighted by atomic mass is 35.5. The maximum absolute atomic E-state index is 13.3. The Balaban J connectivity index is 1.41. The molecule has 0 aromatic heterocycles. The number of aliphatic hydroxyl groups excluding tert-OH is 3. The summed E-state index contributed by atoms with van der Waals surface area (Å²) in [4.78, 5) is 13.3. The highest BCUT2D eigenvalue weighted by Gasteiger charge is 2.49. The van der Waals surface area contributed by atoms with Gasteiger partial charge in [-0.25, -0.2) is 0 Å². The lowest BCUT2D eigenvalue weighted by molar-refractivity contribution is -0.205. The molecule has 190 valence electrons. The predicted octanol–water partition coefficient (Wildman–Crippen LogP) is 0.843. The first kappa shape index (κ1) is 25.9. The molecule has 8 nitrogen and oxygen atoms in total. The Morgan fingerprint density at radius 2 is 1.82 bits per heavy atom. The maximum atomic E-state index is 13.3. The smallest absolute Gasteiger partial charge is 0.240 e. The third-order valence-electron chi connectivity index (χ3n) is 8.14. The number of hydrogen-bond acceptors (Lipinski definition) is 8. The molecule has 1 saturated carbocycles. The van der Waals surface area contributed by atoms with Gasteiger partial charge in [-0.05, 0) is 43.8 Å². The first-order chi connectivity index (χ1) is 15.8. The van der Waals surface area contributed by atoms with Crippen LogP contribution in [0, 0.1) is 17.8 Å². The van der Waals surface area contributed by atoms with E-state index in [-0.39, 0.29) is 12.0 Å². The average molecular weight is 507 g/mol. The first-order valence-corrected chi connectivity index (χ1v) is 14.1. The van der Waals surface area contributed by atoms with Gasteiger partial charge in [-0.1, -0.05) is 25.7 Å². The van der Waals surface area contributed by atoms with Gasteiger partial charge < -0.3 is 35.4 Å². The Kier molecular flexibility index (Phi) is 8.88. The molecule has 4 fully saturated rings. The van der Waals surface area contributed by atoms with E-state index in [0.717, 1.165) is 25.3 Å². The first-order valence-electron chi connectivity index (χ1n) is 12.3. The van der Waals surface area contributed by atoms with Gasteiger partial charge in [-0.2, -0.15) is 0 Å². The van der Waals surface area contributed by atoms with Crippen LogP contribution < -0.4 is 10.6 Å². The fourth-order valence-corrected chi connectivity index (χ4v) is 7.16. The third kappa shape index (κ3) is 5.50. The number of alkyl halides is 1. The molecule has 11 atom stereocenters. The van der Waals surface area contributed by atoms with E-state index in [0.29, 0.717) is 18.4 Å². The normalized spacial score (nSPS) is 44.1. The van der Waals surface area contributed by atoms with Crippen molar-refractivity contribution < 1.29 is 29.6 Å². The average Bonchev–Trinajstić information content (AvgIpc) is 3.42. The van der Waals surface area contributed by atoms with Crippen molar-refractivity contribution in [2.24, 2.45) is 17.8 Å². The van der Waals surface area contributed by atoms with Crippen molar-refractivity contribution in [3.05, 3.63) is 0 Å². The molecule has 4 rings (SSSR count). The van der Waals surface area contributed by atoms with Crippen LogP contribution in [0.25, 0.3) is 0 Å². The van der Waals surface area contributed by atoms with E-state index in [9.17, 15) is 20.1 Å². The lowest BCUT2D eigenvalue weighted by Gasteiger charge is -2.44. The van der Waals surface area contributed by atoms with E-state index in [1.807, 2.05) is 0 Å². The van der Waals surface area contributed by atoms with E-state index < -0.39 is 47.3 Å².